The first-order valence-corrected chi connectivity index (χ1v) is 15.2. The van der Waals surface area contributed by atoms with Gasteiger partial charge in [-0.1, -0.05) is 0 Å². The van der Waals surface area contributed by atoms with Crippen LogP contribution in [0.25, 0.3) is 0 Å². The fourth-order valence-corrected chi connectivity index (χ4v) is 7.69. The van der Waals surface area contributed by atoms with E-state index in [2.05, 4.69) is 27.1 Å². The second-order valence-corrected chi connectivity index (χ2v) is 13.8. The van der Waals surface area contributed by atoms with E-state index in [9.17, 15) is 23.3 Å². The summed E-state index contributed by atoms with van der Waals surface area (Å²) in [6.45, 7) is 6.14. The molecule has 4 fully saturated rings. The van der Waals surface area contributed by atoms with Crippen molar-refractivity contribution in [2.45, 2.75) is 94.1 Å². The summed E-state index contributed by atoms with van der Waals surface area (Å²) in [6, 6.07) is 7.92. The Morgan fingerprint density at radius 2 is 1.92 bits per heavy atom. The van der Waals surface area contributed by atoms with Gasteiger partial charge in [0.15, 0.2) is 0 Å². The standard InChI is InChI=1S/C27H38N6O5S/c1-27(2,3)38-26(35)22-5-4-16-32(22)39(36,37)19-10-8-18(9-11-19)30-24-23-21(13-15-29-25(23)34)33(31-24)20(12-14-28)17-6-7-17/h8-11,17,20-24,30-31H,4-7,12-13,15-16H2,1-3H3,(H,29,34)/t20-,21?,22+,23?,24?/m0/s1. The molecule has 1 aliphatic carbocycles. The minimum atomic E-state index is -3.90. The van der Waals surface area contributed by atoms with Crippen LogP contribution in [0.15, 0.2) is 29.2 Å². The first kappa shape index (κ1) is 27.8. The third-order valence-corrected chi connectivity index (χ3v) is 9.87. The molecule has 1 aromatic rings. The molecule has 1 aromatic carbocycles. The van der Waals surface area contributed by atoms with E-state index in [4.69, 9.17) is 4.74 Å². The number of carbonyl (C=O) groups is 2. The van der Waals surface area contributed by atoms with Gasteiger partial charge in [0.1, 0.15) is 17.8 Å². The number of hydrogen-bond donors (Lipinski definition) is 3. The Balaban J connectivity index is 1.31. The third-order valence-electron chi connectivity index (χ3n) is 7.95. The number of benzene rings is 1. The molecular formula is C27H38N6O5S. The Labute approximate surface area is 230 Å². The van der Waals surface area contributed by atoms with Gasteiger partial charge >= 0.3 is 5.97 Å². The van der Waals surface area contributed by atoms with E-state index in [1.807, 2.05) is 0 Å². The van der Waals surface area contributed by atoms with E-state index < -0.39 is 33.8 Å². The molecular weight excluding hydrogens is 520 g/mol. The molecule has 3 unspecified atom stereocenters. The number of rotatable bonds is 8. The number of carbonyl (C=O) groups excluding carboxylic acids is 2. The normalized spacial score (nSPS) is 28.8. The second-order valence-electron chi connectivity index (χ2n) is 11.9. The molecule has 5 rings (SSSR count). The number of anilines is 1. The highest BCUT2D eigenvalue weighted by molar-refractivity contribution is 7.89. The van der Waals surface area contributed by atoms with Crippen LogP contribution in [0.4, 0.5) is 5.69 Å². The van der Waals surface area contributed by atoms with Crippen molar-refractivity contribution in [2.24, 2.45) is 11.8 Å². The molecule has 3 heterocycles. The van der Waals surface area contributed by atoms with E-state index in [-0.39, 0.29) is 35.3 Å². The van der Waals surface area contributed by atoms with Crippen molar-refractivity contribution in [3.8, 4) is 6.07 Å². The molecule has 11 nitrogen and oxygen atoms in total. The highest BCUT2D eigenvalue weighted by Gasteiger charge is 2.52. The molecule has 0 spiro atoms. The van der Waals surface area contributed by atoms with Crippen LogP contribution in [-0.2, 0) is 24.3 Å². The highest BCUT2D eigenvalue weighted by atomic mass is 32.2. The number of nitrogens with zero attached hydrogens (tertiary/aromatic N) is 3. The Morgan fingerprint density at radius 1 is 1.21 bits per heavy atom. The Hall–Kier alpha value is -2.72. The van der Waals surface area contributed by atoms with Gasteiger partial charge in [0.2, 0.25) is 15.9 Å². The molecule has 0 bridgehead atoms. The molecule has 0 radical (unpaired) electrons. The summed E-state index contributed by atoms with van der Waals surface area (Å²) >= 11 is 0. The van der Waals surface area contributed by atoms with Crippen LogP contribution < -0.4 is 16.1 Å². The SMILES string of the molecule is CC(C)(C)OC(=O)[C@H]1CCCN1S(=O)(=O)c1ccc(NC2NN([C@@H](CC#N)C3CC3)C3CCNC(=O)C23)cc1. The number of nitrogens with one attached hydrogen (secondary N) is 3. The summed E-state index contributed by atoms with van der Waals surface area (Å²) in [4.78, 5) is 25.7. The number of fused-ring (bicyclic) bond motifs is 1. The van der Waals surface area contributed by atoms with Gasteiger partial charge in [-0.25, -0.2) is 18.9 Å². The van der Waals surface area contributed by atoms with Crippen molar-refractivity contribution in [3.63, 3.8) is 0 Å². The fourth-order valence-electron chi connectivity index (χ4n) is 6.04. The largest absolute Gasteiger partial charge is 0.459 e. The molecule has 1 saturated carbocycles. The van der Waals surface area contributed by atoms with Gasteiger partial charge < -0.3 is 15.4 Å². The fraction of sp³-hybridized carbons (Fsp3) is 0.667. The predicted molar refractivity (Wildman–Crippen MR) is 143 cm³/mol. The summed E-state index contributed by atoms with van der Waals surface area (Å²) in [7, 11) is -3.90. The molecule has 3 aliphatic heterocycles. The van der Waals surface area contributed by atoms with Crippen molar-refractivity contribution >= 4 is 27.6 Å². The Morgan fingerprint density at radius 3 is 2.56 bits per heavy atom. The average molecular weight is 559 g/mol. The Bertz CT molecular complexity index is 1240. The topological polar surface area (TPSA) is 144 Å². The second kappa shape index (κ2) is 10.7. The summed E-state index contributed by atoms with van der Waals surface area (Å²) in [5.74, 6) is -0.450. The van der Waals surface area contributed by atoms with Crippen molar-refractivity contribution in [1.82, 2.24) is 20.1 Å². The van der Waals surface area contributed by atoms with E-state index >= 15 is 0 Å². The molecule has 0 aromatic heterocycles. The maximum Gasteiger partial charge on any atom is 0.324 e. The van der Waals surface area contributed by atoms with Crippen molar-refractivity contribution < 1.29 is 22.7 Å². The number of piperidine rings is 1. The van der Waals surface area contributed by atoms with E-state index in [0.717, 1.165) is 19.3 Å². The quantitative estimate of drug-likeness (QED) is 0.408. The van der Waals surface area contributed by atoms with Gasteiger partial charge in [-0.2, -0.15) is 9.57 Å². The van der Waals surface area contributed by atoms with Crippen LogP contribution in [-0.4, -0.2) is 72.6 Å². The maximum atomic E-state index is 13.5. The van der Waals surface area contributed by atoms with Gasteiger partial charge in [0, 0.05) is 30.9 Å². The summed E-state index contributed by atoms with van der Waals surface area (Å²) in [5, 5.41) is 17.9. The smallest absolute Gasteiger partial charge is 0.324 e. The minimum absolute atomic E-state index is 0.0187. The summed E-state index contributed by atoms with van der Waals surface area (Å²) < 4.78 is 33.6. The summed E-state index contributed by atoms with van der Waals surface area (Å²) in [6.07, 6.45) is 4.00. The summed E-state index contributed by atoms with van der Waals surface area (Å²) in [5.41, 5.74) is 3.44. The van der Waals surface area contributed by atoms with Gasteiger partial charge in [-0.3, -0.25) is 9.59 Å². The zero-order chi connectivity index (χ0) is 27.9. The molecule has 4 aliphatic rings. The third kappa shape index (κ3) is 5.77. The number of nitriles is 1. The maximum absolute atomic E-state index is 13.5. The number of esters is 1. The average Bonchev–Trinajstić information content (AvgIpc) is 3.45. The molecule has 3 saturated heterocycles. The molecule has 1 amide bonds. The van der Waals surface area contributed by atoms with Crippen LogP contribution >= 0.6 is 0 Å². The van der Waals surface area contributed by atoms with Crippen LogP contribution in [0.1, 0.15) is 59.3 Å². The van der Waals surface area contributed by atoms with Gasteiger partial charge in [-0.05, 0) is 83.1 Å². The number of hydrazine groups is 1. The van der Waals surface area contributed by atoms with Crippen LogP contribution in [0.5, 0.6) is 0 Å². The molecule has 5 atom stereocenters. The van der Waals surface area contributed by atoms with Gasteiger partial charge in [-0.15, -0.1) is 0 Å². The molecule has 39 heavy (non-hydrogen) atoms. The lowest BCUT2D eigenvalue weighted by molar-refractivity contribution is -0.158. The predicted octanol–water partition coefficient (Wildman–Crippen LogP) is 1.94. The van der Waals surface area contributed by atoms with E-state index in [1.54, 1.807) is 32.9 Å². The number of amides is 1. The monoisotopic (exact) mass is 558 g/mol. The van der Waals surface area contributed by atoms with Crippen molar-refractivity contribution in [3.05, 3.63) is 24.3 Å². The Kier molecular flexibility index (Phi) is 7.63. The van der Waals surface area contributed by atoms with E-state index in [1.165, 1.54) is 16.4 Å². The highest BCUT2D eigenvalue weighted by Crippen LogP contribution is 2.41. The van der Waals surface area contributed by atoms with Crippen molar-refractivity contribution in [1.29, 1.82) is 5.26 Å². The number of hydrogen-bond acceptors (Lipinski definition) is 9. The van der Waals surface area contributed by atoms with Gasteiger partial charge in [0.05, 0.1) is 23.3 Å². The molecule has 12 heteroatoms. The first-order chi connectivity index (χ1) is 18.5. The van der Waals surface area contributed by atoms with Crippen molar-refractivity contribution in [2.75, 3.05) is 18.4 Å². The lowest BCUT2D eigenvalue weighted by atomic mass is 9.90. The van der Waals surface area contributed by atoms with E-state index in [0.29, 0.717) is 37.4 Å². The van der Waals surface area contributed by atoms with Crippen LogP contribution in [0, 0.1) is 23.2 Å². The van der Waals surface area contributed by atoms with Crippen LogP contribution in [0.2, 0.25) is 0 Å². The lowest BCUT2D eigenvalue weighted by Gasteiger charge is -2.34. The molecule has 212 valence electrons. The zero-order valence-electron chi connectivity index (χ0n) is 22.7. The number of sulfonamides is 1. The lowest BCUT2D eigenvalue weighted by Crippen LogP contribution is -2.52. The molecule has 3 N–H and O–H groups in total. The van der Waals surface area contributed by atoms with Crippen LogP contribution in [0.3, 0.4) is 0 Å². The zero-order valence-corrected chi connectivity index (χ0v) is 23.5. The van der Waals surface area contributed by atoms with Gasteiger partial charge in [0.25, 0.3) is 0 Å². The minimum Gasteiger partial charge on any atom is -0.459 e. The first-order valence-electron chi connectivity index (χ1n) is 13.8. The number of ether oxygens (including phenoxy) is 1.